The molecule has 13 rings (SSSR count). The van der Waals surface area contributed by atoms with Gasteiger partial charge in [-0.3, -0.25) is 9.97 Å². The predicted molar refractivity (Wildman–Crippen MR) is 286 cm³/mol. The van der Waals surface area contributed by atoms with Crippen molar-refractivity contribution in [3.63, 3.8) is 0 Å². The summed E-state index contributed by atoms with van der Waals surface area (Å²) in [5.74, 6) is 0. The van der Waals surface area contributed by atoms with Crippen LogP contribution < -0.4 is 52.4 Å². The third kappa shape index (κ3) is 6.14. The lowest BCUT2D eigenvalue weighted by atomic mass is 9.21. The summed E-state index contributed by atoms with van der Waals surface area (Å²) in [7, 11) is 0. The number of aryl methyl sites for hydroxylation is 1. The first-order chi connectivity index (χ1) is 33.6. The van der Waals surface area contributed by atoms with Gasteiger partial charge in [0.25, 0.3) is 0 Å². The maximum Gasteiger partial charge on any atom is 0.242 e. The van der Waals surface area contributed by atoms with E-state index >= 15 is 0 Å². The van der Waals surface area contributed by atoms with Crippen molar-refractivity contribution in [3.8, 4) is 0 Å². The van der Waals surface area contributed by atoms with Crippen LogP contribution in [0.1, 0.15) is 11.3 Å². The number of fused-ring (bicyclic) bond motifs is 6. The van der Waals surface area contributed by atoms with Crippen LogP contribution in [0, 0.1) is 13.8 Å². The second kappa shape index (κ2) is 16.1. The van der Waals surface area contributed by atoms with Crippen molar-refractivity contribution in [1.82, 2.24) is 9.97 Å². The minimum atomic E-state index is -0.0526. The van der Waals surface area contributed by atoms with E-state index in [1.54, 1.807) is 0 Å². The first-order valence-corrected chi connectivity index (χ1v) is 23.4. The molecule has 0 aliphatic carbocycles. The van der Waals surface area contributed by atoms with Crippen molar-refractivity contribution in [2.24, 2.45) is 0 Å². The van der Waals surface area contributed by atoms with E-state index in [0.717, 1.165) is 79.4 Å². The molecule has 2 aromatic heterocycles. The van der Waals surface area contributed by atoms with Gasteiger partial charge in [0.2, 0.25) is 13.4 Å². The zero-order valence-electron chi connectivity index (χ0n) is 37.8. The van der Waals surface area contributed by atoms with E-state index in [0.29, 0.717) is 0 Å². The van der Waals surface area contributed by atoms with E-state index in [1.165, 1.54) is 32.9 Å². The molecule has 0 amide bonds. The maximum absolute atomic E-state index is 5.29. The van der Waals surface area contributed by atoms with Crippen LogP contribution in [0.15, 0.2) is 231 Å². The topological polar surface area (TPSA) is 38.7 Å². The highest BCUT2D eigenvalue weighted by Gasteiger charge is 2.41. The molecule has 3 aliphatic heterocycles. The monoisotopic (exact) mass is 870 g/mol. The van der Waals surface area contributed by atoms with Gasteiger partial charge in [-0.25, -0.2) is 0 Å². The molecule has 3 aliphatic rings. The Labute approximate surface area is 398 Å². The van der Waals surface area contributed by atoms with Gasteiger partial charge >= 0.3 is 0 Å². The SMILES string of the molecule is Cc1ncc(N2c3ccccc3N(c3ccccc3)c3ccccc32)c(C)c1B1c2ccccc2B(c2cncc(N3c4ccccc4N(c4ccccc4)c4ccccc43)c2)c2ccccc21. The summed E-state index contributed by atoms with van der Waals surface area (Å²) < 4.78 is 0. The summed E-state index contributed by atoms with van der Waals surface area (Å²) in [5.41, 5.74) is 23.0. The zero-order chi connectivity index (χ0) is 45.3. The number of hydrogen-bond acceptors (Lipinski definition) is 6. The largest absolute Gasteiger partial charge is 0.306 e. The molecule has 5 heterocycles. The Hall–Kier alpha value is -8.61. The molecule has 0 radical (unpaired) electrons. The number of benzene rings is 8. The number of pyridine rings is 2. The molecule has 8 heteroatoms. The summed E-state index contributed by atoms with van der Waals surface area (Å²) in [6, 6.07) is 76.6. The molecule has 68 heavy (non-hydrogen) atoms. The van der Waals surface area contributed by atoms with Crippen LogP contribution in [0.4, 0.5) is 68.2 Å². The molecule has 0 bridgehead atoms. The third-order valence-corrected chi connectivity index (χ3v) is 14.1. The average molecular weight is 871 g/mol. The minimum absolute atomic E-state index is 0.0521. The third-order valence-electron chi connectivity index (χ3n) is 14.1. The lowest BCUT2D eigenvalue weighted by molar-refractivity contribution is 1.13. The van der Waals surface area contributed by atoms with Crippen LogP contribution in [0.3, 0.4) is 0 Å². The molecule has 0 spiro atoms. The molecule has 0 fully saturated rings. The number of nitrogens with zero attached hydrogens (tertiary/aromatic N) is 6. The van der Waals surface area contributed by atoms with Crippen molar-refractivity contribution < 1.29 is 0 Å². The van der Waals surface area contributed by atoms with Crippen molar-refractivity contribution in [3.05, 3.63) is 242 Å². The highest BCUT2D eigenvalue weighted by molar-refractivity contribution is 7.11. The van der Waals surface area contributed by atoms with Crippen LogP contribution in [0.25, 0.3) is 0 Å². The summed E-state index contributed by atoms with van der Waals surface area (Å²) in [6.45, 7) is 4.37. The molecule has 0 N–H and O–H groups in total. The van der Waals surface area contributed by atoms with E-state index in [2.05, 4.69) is 258 Å². The van der Waals surface area contributed by atoms with Crippen LogP contribution in [-0.4, -0.2) is 23.4 Å². The lowest BCUT2D eigenvalue weighted by Crippen LogP contribution is -2.75. The normalized spacial score (nSPS) is 13.3. The van der Waals surface area contributed by atoms with Gasteiger partial charge in [-0.1, -0.05) is 155 Å². The Morgan fingerprint density at radius 1 is 0.324 bits per heavy atom. The van der Waals surface area contributed by atoms with Crippen LogP contribution in [0.2, 0.25) is 0 Å². The molecule has 0 atom stereocenters. The van der Waals surface area contributed by atoms with E-state index in [4.69, 9.17) is 9.97 Å². The van der Waals surface area contributed by atoms with Gasteiger partial charge in [-0.2, -0.15) is 0 Å². The number of aromatic nitrogens is 2. The summed E-state index contributed by atoms with van der Waals surface area (Å²) in [6.07, 6.45) is 6.16. The Morgan fingerprint density at radius 2 is 0.676 bits per heavy atom. The Morgan fingerprint density at radius 3 is 1.10 bits per heavy atom. The fraction of sp³-hybridized carbons (Fsp3) is 0.0333. The van der Waals surface area contributed by atoms with Gasteiger partial charge < -0.3 is 19.6 Å². The van der Waals surface area contributed by atoms with Crippen molar-refractivity contribution in [2.75, 3.05) is 19.6 Å². The molecule has 10 aromatic rings. The summed E-state index contributed by atoms with van der Waals surface area (Å²) >= 11 is 0. The molecular weight excluding hydrogens is 826 g/mol. The predicted octanol–water partition coefficient (Wildman–Crippen LogP) is 10.9. The Kier molecular flexibility index (Phi) is 9.39. The number of anilines is 12. The second-order valence-electron chi connectivity index (χ2n) is 17.8. The first kappa shape index (κ1) is 39.7. The van der Waals surface area contributed by atoms with E-state index in [9.17, 15) is 0 Å². The highest BCUT2D eigenvalue weighted by Crippen LogP contribution is 2.55. The lowest BCUT2D eigenvalue weighted by Gasteiger charge is -2.41. The fourth-order valence-electron chi connectivity index (χ4n) is 11.3. The molecule has 320 valence electrons. The molecule has 0 unspecified atom stereocenters. The number of hydrogen-bond donors (Lipinski definition) is 0. The van der Waals surface area contributed by atoms with Gasteiger partial charge in [0.05, 0.1) is 69.3 Å². The minimum Gasteiger partial charge on any atom is -0.306 e. The van der Waals surface area contributed by atoms with E-state index in [1.807, 2.05) is 6.20 Å². The Bertz CT molecular complexity index is 3420. The zero-order valence-corrected chi connectivity index (χ0v) is 37.8. The maximum atomic E-state index is 5.29. The van der Waals surface area contributed by atoms with E-state index in [-0.39, 0.29) is 13.4 Å². The number of rotatable bonds is 6. The standard InChI is InChI=1S/C60H44B2N6/c1-41-59(68-57-35-19-17-33-55(57)66(45-23-7-4-8-24-45)56-34-18-20-36-58(56)68)40-64-42(2)60(41)62-49-27-11-9-25-47(49)61(48-26-10-12-28-50(48)62)43-37-46(39-63-38-43)67-53-31-15-13-29-51(53)65(44-21-5-3-6-22-44)52-30-14-16-32-54(52)67/h3-40H,1-2H3. The summed E-state index contributed by atoms with van der Waals surface area (Å²) in [4.78, 5) is 19.9. The van der Waals surface area contributed by atoms with Crippen molar-refractivity contribution in [2.45, 2.75) is 13.8 Å². The quantitative estimate of drug-likeness (QED) is 0.155. The number of para-hydroxylation sites is 10. The second-order valence-corrected chi connectivity index (χ2v) is 17.8. The first-order valence-electron chi connectivity index (χ1n) is 23.4. The molecular formula is C60H44B2N6. The molecule has 6 nitrogen and oxygen atoms in total. The van der Waals surface area contributed by atoms with Crippen molar-refractivity contribution in [1.29, 1.82) is 0 Å². The van der Waals surface area contributed by atoms with Gasteiger partial charge in [-0.05, 0) is 109 Å². The van der Waals surface area contributed by atoms with Gasteiger partial charge in [0.1, 0.15) is 0 Å². The highest BCUT2D eigenvalue weighted by atomic mass is 15.3. The summed E-state index contributed by atoms with van der Waals surface area (Å²) in [5, 5.41) is 0. The average Bonchev–Trinajstić information content (AvgIpc) is 3.40. The van der Waals surface area contributed by atoms with E-state index < -0.39 is 0 Å². The van der Waals surface area contributed by atoms with Gasteiger partial charge in [0.15, 0.2) is 0 Å². The molecule has 0 saturated heterocycles. The molecule has 0 saturated carbocycles. The van der Waals surface area contributed by atoms with Gasteiger partial charge in [-0.15, -0.1) is 0 Å². The Balaban J connectivity index is 0.946. The van der Waals surface area contributed by atoms with Crippen molar-refractivity contribution >= 4 is 114 Å². The fourth-order valence-corrected chi connectivity index (χ4v) is 11.3. The molecule has 8 aromatic carbocycles. The van der Waals surface area contributed by atoms with Gasteiger partial charge in [0, 0.05) is 23.3 Å². The van der Waals surface area contributed by atoms with Crippen LogP contribution in [0.5, 0.6) is 0 Å². The van der Waals surface area contributed by atoms with Crippen LogP contribution in [-0.2, 0) is 0 Å². The smallest absolute Gasteiger partial charge is 0.242 e. The van der Waals surface area contributed by atoms with Crippen LogP contribution >= 0.6 is 0 Å².